The van der Waals surface area contributed by atoms with Crippen LogP contribution in [0.15, 0.2) is 12.1 Å². The van der Waals surface area contributed by atoms with Gasteiger partial charge in [-0.15, -0.1) is 0 Å². The average molecular weight is 221 g/mol. The summed E-state index contributed by atoms with van der Waals surface area (Å²) in [6, 6.07) is 4.14. The molecule has 1 aliphatic rings. The third-order valence-corrected chi connectivity index (χ3v) is 2.88. The zero-order valence-corrected chi connectivity index (χ0v) is 9.95. The molecule has 2 rings (SSSR count). The lowest BCUT2D eigenvalue weighted by molar-refractivity contribution is 0.297. The van der Waals surface area contributed by atoms with E-state index in [9.17, 15) is 0 Å². The van der Waals surface area contributed by atoms with Crippen LogP contribution in [0.2, 0.25) is 0 Å². The van der Waals surface area contributed by atoms with Gasteiger partial charge in [0.1, 0.15) is 0 Å². The lowest BCUT2D eigenvalue weighted by Gasteiger charge is -2.16. The van der Waals surface area contributed by atoms with Crippen LogP contribution < -0.4 is 15.2 Å². The largest absolute Gasteiger partial charge is 0.490 e. The first-order valence-corrected chi connectivity index (χ1v) is 5.90. The van der Waals surface area contributed by atoms with Crippen LogP contribution in [-0.2, 0) is 6.42 Å². The fourth-order valence-corrected chi connectivity index (χ4v) is 2.00. The number of ether oxygens (including phenoxy) is 2. The Bertz CT molecular complexity index is 374. The van der Waals surface area contributed by atoms with E-state index in [0.29, 0.717) is 0 Å². The number of fused-ring (bicyclic) bond motifs is 1. The van der Waals surface area contributed by atoms with Crippen LogP contribution in [0.1, 0.15) is 37.4 Å². The van der Waals surface area contributed by atoms with Crippen LogP contribution in [0.5, 0.6) is 11.5 Å². The van der Waals surface area contributed by atoms with Crippen molar-refractivity contribution in [2.45, 2.75) is 32.7 Å². The van der Waals surface area contributed by atoms with Gasteiger partial charge in [-0.3, -0.25) is 0 Å². The van der Waals surface area contributed by atoms with E-state index in [-0.39, 0.29) is 6.04 Å². The summed E-state index contributed by atoms with van der Waals surface area (Å²) in [5.41, 5.74) is 8.37. The third kappa shape index (κ3) is 2.14. The Morgan fingerprint density at radius 3 is 2.44 bits per heavy atom. The van der Waals surface area contributed by atoms with Gasteiger partial charge in [0.25, 0.3) is 0 Å². The number of hydrogen-bond donors (Lipinski definition) is 1. The average Bonchev–Trinajstić information content (AvgIpc) is 2.51. The molecule has 0 aliphatic carbocycles. The molecular weight excluding hydrogens is 202 g/mol. The van der Waals surface area contributed by atoms with E-state index in [1.54, 1.807) is 0 Å². The van der Waals surface area contributed by atoms with E-state index in [0.717, 1.165) is 43.1 Å². The van der Waals surface area contributed by atoms with Gasteiger partial charge in [0.2, 0.25) is 0 Å². The molecule has 0 saturated carbocycles. The number of aryl methyl sites for hydroxylation is 1. The van der Waals surface area contributed by atoms with E-state index in [1.807, 2.05) is 13.0 Å². The van der Waals surface area contributed by atoms with Crippen molar-refractivity contribution in [1.29, 1.82) is 0 Å². The quantitative estimate of drug-likeness (QED) is 0.834. The first-order chi connectivity index (χ1) is 7.72. The lowest BCUT2D eigenvalue weighted by atomic mass is 9.99. The SMILES string of the molecule is CCc1cc2c(cc1C(C)N)OCCCO2. The fraction of sp³-hybridized carbons (Fsp3) is 0.538. The van der Waals surface area contributed by atoms with Crippen LogP contribution in [0.25, 0.3) is 0 Å². The zero-order valence-electron chi connectivity index (χ0n) is 9.95. The molecule has 0 amide bonds. The van der Waals surface area contributed by atoms with Gasteiger partial charge in [-0.05, 0) is 36.6 Å². The normalized spacial score (nSPS) is 16.7. The zero-order chi connectivity index (χ0) is 11.5. The molecular formula is C13H19NO2. The topological polar surface area (TPSA) is 44.5 Å². The maximum Gasteiger partial charge on any atom is 0.161 e. The number of nitrogens with two attached hydrogens (primary N) is 1. The van der Waals surface area contributed by atoms with E-state index < -0.39 is 0 Å². The number of hydrogen-bond acceptors (Lipinski definition) is 3. The predicted octanol–water partition coefficient (Wildman–Crippen LogP) is 2.43. The smallest absolute Gasteiger partial charge is 0.161 e. The molecule has 0 spiro atoms. The van der Waals surface area contributed by atoms with Crippen molar-refractivity contribution >= 4 is 0 Å². The molecule has 3 heteroatoms. The maximum absolute atomic E-state index is 5.97. The lowest BCUT2D eigenvalue weighted by Crippen LogP contribution is -2.09. The molecule has 0 aromatic heterocycles. The second-order valence-electron chi connectivity index (χ2n) is 4.19. The van der Waals surface area contributed by atoms with Crippen LogP contribution in [-0.4, -0.2) is 13.2 Å². The maximum atomic E-state index is 5.97. The summed E-state index contributed by atoms with van der Waals surface area (Å²) in [6.07, 6.45) is 1.90. The highest BCUT2D eigenvalue weighted by Crippen LogP contribution is 2.34. The standard InChI is InChI=1S/C13H19NO2/c1-3-10-7-12-13(8-11(10)9(2)14)16-6-4-5-15-12/h7-9H,3-6,14H2,1-2H3. The molecule has 1 aliphatic heterocycles. The Labute approximate surface area is 96.5 Å². The van der Waals surface area contributed by atoms with Gasteiger partial charge in [0, 0.05) is 12.5 Å². The van der Waals surface area contributed by atoms with Gasteiger partial charge in [-0.1, -0.05) is 6.92 Å². The molecule has 1 unspecified atom stereocenters. The van der Waals surface area contributed by atoms with Gasteiger partial charge in [-0.25, -0.2) is 0 Å². The predicted molar refractivity (Wildman–Crippen MR) is 64.0 cm³/mol. The Balaban J connectivity index is 2.44. The van der Waals surface area contributed by atoms with Gasteiger partial charge < -0.3 is 15.2 Å². The van der Waals surface area contributed by atoms with Crippen molar-refractivity contribution in [3.8, 4) is 11.5 Å². The molecule has 0 radical (unpaired) electrons. The molecule has 0 fully saturated rings. The molecule has 0 saturated heterocycles. The van der Waals surface area contributed by atoms with Crippen molar-refractivity contribution in [2.24, 2.45) is 5.73 Å². The minimum Gasteiger partial charge on any atom is -0.490 e. The summed E-state index contributed by atoms with van der Waals surface area (Å²) in [5, 5.41) is 0. The van der Waals surface area contributed by atoms with Crippen molar-refractivity contribution in [3.63, 3.8) is 0 Å². The molecule has 2 N–H and O–H groups in total. The summed E-state index contributed by atoms with van der Waals surface area (Å²) in [6.45, 7) is 5.58. The van der Waals surface area contributed by atoms with Gasteiger partial charge >= 0.3 is 0 Å². The number of benzene rings is 1. The summed E-state index contributed by atoms with van der Waals surface area (Å²) >= 11 is 0. The summed E-state index contributed by atoms with van der Waals surface area (Å²) < 4.78 is 11.3. The van der Waals surface area contributed by atoms with E-state index >= 15 is 0 Å². The second-order valence-corrected chi connectivity index (χ2v) is 4.19. The Kier molecular flexibility index (Phi) is 3.34. The molecule has 16 heavy (non-hydrogen) atoms. The van der Waals surface area contributed by atoms with E-state index in [4.69, 9.17) is 15.2 Å². The first-order valence-electron chi connectivity index (χ1n) is 5.90. The Morgan fingerprint density at radius 1 is 1.25 bits per heavy atom. The van der Waals surface area contributed by atoms with Crippen LogP contribution >= 0.6 is 0 Å². The monoisotopic (exact) mass is 221 g/mol. The molecule has 1 aromatic rings. The molecule has 88 valence electrons. The Hall–Kier alpha value is -1.22. The van der Waals surface area contributed by atoms with Crippen LogP contribution in [0, 0.1) is 0 Å². The fourth-order valence-electron chi connectivity index (χ4n) is 2.00. The highest BCUT2D eigenvalue weighted by molar-refractivity contribution is 5.48. The molecule has 3 nitrogen and oxygen atoms in total. The molecule has 1 aromatic carbocycles. The van der Waals surface area contributed by atoms with E-state index in [1.165, 1.54) is 5.56 Å². The minimum atomic E-state index is 0.0344. The van der Waals surface area contributed by atoms with Gasteiger partial charge in [0.05, 0.1) is 13.2 Å². The van der Waals surface area contributed by atoms with E-state index in [2.05, 4.69) is 13.0 Å². The molecule has 1 atom stereocenters. The van der Waals surface area contributed by atoms with Crippen LogP contribution in [0.4, 0.5) is 0 Å². The van der Waals surface area contributed by atoms with Crippen molar-refractivity contribution in [2.75, 3.05) is 13.2 Å². The summed E-state index contributed by atoms with van der Waals surface area (Å²) in [4.78, 5) is 0. The Morgan fingerprint density at radius 2 is 1.88 bits per heavy atom. The summed E-state index contributed by atoms with van der Waals surface area (Å²) in [7, 11) is 0. The van der Waals surface area contributed by atoms with Crippen molar-refractivity contribution in [1.82, 2.24) is 0 Å². The van der Waals surface area contributed by atoms with Crippen LogP contribution in [0.3, 0.4) is 0 Å². The number of rotatable bonds is 2. The minimum absolute atomic E-state index is 0.0344. The third-order valence-electron chi connectivity index (χ3n) is 2.88. The van der Waals surface area contributed by atoms with Gasteiger partial charge in [-0.2, -0.15) is 0 Å². The highest BCUT2D eigenvalue weighted by Gasteiger charge is 2.15. The van der Waals surface area contributed by atoms with Crippen molar-refractivity contribution in [3.05, 3.63) is 23.3 Å². The van der Waals surface area contributed by atoms with Gasteiger partial charge in [0.15, 0.2) is 11.5 Å². The highest BCUT2D eigenvalue weighted by atomic mass is 16.5. The molecule has 1 heterocycles. The summed E-state index contributed by atoms with van der Waals surface area (Å²) in [5.74, 6) is 1.70. The van der Waals surface area contributed by atoms with Crippen molar-refractivity contribution < 1.29 is 9.47 Å². The molecule has 0 bridgehead atoms. The second kappa shape index (κ2) is 4.74. The first kappa shape index (κ1) is 11.3.